The van der Waals surface area contributed by atoms with Gasteiger partial charge in [-0.1, -0.05) is 36.4 Å². The third-order valence-electron chi connectivity index (χ3n) is 6.80. The number of aryl methyl sites for hydroxylation is 2. The summed E-state index contributed by atoms with van der Waals surface area (Å²) in [7, 11) is 0. The molecule has 0 saturated carbocycles. The Labute approximate surface area is 202 Å². The van der Waals surface area contributed by atoms with Crippen molar-refractivity contribution in [3.63, 3.8) is 0 Å². The Hall–Kier alpha value is -2.77. The molecule has 1 saturated heterocycles. The predicted molar refractivity (Wildman–Crippen MR) is 133 cm³/mol. The number of Topliss-reactive ketones (excluding diaryl/α,β-unsaturated/α-hetero) is 1. The lowest BCUT2D eigenvalue weighted by atomic mass is 9.98. The second-order valence-electron chi connectivity index (χ2n) is 9.28. The summed E-state index contributed by atoms with van der Waals surface area (Å²) in [4.78, 5) is 31.7. The number of anilines is 1. The van der Waals surface area contributed by atoms with Gasteiger partial charge in [0.15, 0.2) is 0 Å². The van der Waals surface area contributed by atoms with Crippen molar-refractivity contribution in [3.05, 3.63) is 59.3 Å². The Balaban J connectivity index is 1.32. The molecule has 0 amide bonds. The van der Waals surface area contributed by atoms with Gasteiger partial charge in [-0.05, 0) is 55.8 Å². The minimum absolute atomic E-state index is 0.231. The largest absolute Gasteiger partial charge is 0.464 e. The van der Waals surface area contributed by atoms with Gasteiger partial charge in [-0.3, -0.25) is 9.69 Å². The summed E-state index contributed by atoms with van der Waals surface area (Å²) < 4.78 is 5.78. The Morgan fingerprint density at radius 1 is 1.12 bits per heavy atom. The minimum atomic E-state index is -0.466. The van der Waals surface area contributed by atoms with E-state index in [0.29, 0.717) is 39.1 Å². The van der Waals surface area contributed by atoms with E-state index < -0.39 is 6.04 Å². The zero-order chi connectivity index (χ0) is 23.8. The topological polar surface area (TPSA) is 97.6 Å². The highest BCUT2D eigenvalue weighted by atomic mass is 16.5. The number of fused-ring (bicyclic) bond motifs is 1. The lowest BCUT2D eigenvalue weighted by molar-refractivity contribution is -0.151. The molecule has 182 valence electrons. The van der Waals surface area contributed by atoms with Crippen LogP contribution in [0.4, 0.5) is 5.82 Å². The van der Waals surface area contributed by atoms with E-state index in [2.05, 4.69) is 22.3 Å². The van der Waals surface area contributed by atoms with Crippen LogP contribution in [0.15, 0.2) is 42.5 Å². The van der Waals surface area contributed by atoms with E-state index in [1.807, 2.05) is 30.3 Å². The number of ketones is 1. The molecule has 3 N–H and O–H groups in total. The molecule has 0 bridgehead atoms. The van der Waals surface area contributed by atoms with Gasteiger partial charge in [-0.25, -0.2) is 9.78 Å². The lowest BCUT2D eigenvalue weighted by Gasteiger charge is -2.33. The van der Waals surface area contributed by atoms with Crippen LogP contribution in [0.1, 0.15) is 61.4 Å². The molecule has 2 aliphatic rings. The third kappa shape index (κ3) is 6.42. The first kappa shape index (κ1) is 24.4. The van der Waals surface area contributed by atoms with Crippen molar-refractivity contribution in [1.29, 1.82) is 0 Å². The van der Waals surface area contributed by atoms with Crippen LogP contribution in [0.25, 0.3) is 0 Å². The zero-order valence-corrected chi connectivity index (χ0v) is 19.9. The molecular formula is C27H36N4O3. The zero-order valence-electron chi connectivity index (χ0n) is 19.9. The first-order valence-electron chi connectivity index (χ1n) is 12.6. The maximum absolute atomic E-state index is 13.1. The Kier molecular flexibility index (Phi) is 8.66. The van der Waals surface area contributed by atoms with Crippen LogP contribution in [0.2, 0.25) is 0 Å². The highest BCUT2D eigenvalue weighted by Gasteiger charge is 2.32. The molecule has 0 radical (unpaired) electrons. The molecule has 34 heavy (non-hydrogen) atoms. The van der Waals surface area contributed by atoms with E-state index in [9.17, 15) is 9.59 Å². The van der Waals surface area contributed by atoms with Crippen LogP contribution in [0.5, 0.6) is 0 Å². The van der Waals surface area contributed by atoms with Crippen LogP contribution in [0.3, 0.4) is 0 Å². The maximum Gasteiger partial charge on any atom is 0.328 e. The number of nitrogens with one attached hydrogen (secondary N) is 1. The van der Waals surface area contributed by atoms with Gasteiger partial charge in [0.1, 0.15) is 17.6 Å². The van der Waals surface area contributed by atoms with Crippen LogP contribution in [-0.2, 0) is 27.2 Å². The highest BCUT2D eigenvalue weighted by molar-refractivity contribution is 5.81. The van der Waals surface area contributed by atoms with Gasteiger partial charge in [0.2, 0.25) is 0 Å². The van der Waals surface area contributed by atoms with Crippen molar-refractivity contribution in [3.8, 4) is 0 Å². The van der Waals surface area contributed by atoms with E-state index >= 15 is 0 Å². The van der Waals surface area contributed by atoms with Crippen molar-refractivity contribution < 1.29 is 14.3 Å². The Morgan fingerprint density at radius 3 is 2.68 bits per heavy atom. The molecule has 1 aromatic carbocycles. The molecule has 2 aliphatic heterocycles. The van der Waals surface area contributed by atoms with Gasteiger partial charge in [-0.15, -0.1) is 0 Å². The number of nitrogens with two attached hydrogens (primary N) is 1. The molecule has 3 heterocycles. The Bertz CT molecular complexity index is 956. The van der Waals surface area contributed by atoms with E-state index in [1.165, 1.54) is 5.56 Å². The summed E-state index contributed by atoms with van der Waals surface area (Å²) in [6.45, 7) is 2.25. The van der Waals surface area contributed by atoms with E-state index in [4.69, 9.17) is 15.5 Å². The number of pyridine rings is 1. The summed E-state index contributed by atoms with van der Waals surface area (Å²) in [5.41, 5.74) is 8.86. The van der Waals surface area contributed by atoms with Crippen molar-refractivity contribution in [2.75, 3.05) is 31.6 Å². The number of carbonyl (C=O) groups excluding carboxylic acids is 2. The van der Waals surface area contributed by atoms with Crippen molar-refractivity contribution in [2.45, 2.75) is 63.5 Å². The first-order chi connectivity index (χ1) is 16.6. The monoisotopic (exact) mass is 464 g/mol. The molecule has 7 heteroatoms. The second-order valence-corrected chi connectivity index (χ2v) is 9.28. The fourth-order valence-electron chi connectivity index (χ4n) is 4.80. The number of esters is 1. The molecule has 2 atom stereocenters. The number of aromatic nitrogens is 1. The number of carbonyl (C=O) groups is 2. The first-order valence-corrected chi connectivity index (χ1v) is 12.6. The predicted octanol–water partition coefficient (Wildman–Crippen LogP) is 3.43. The molecule has 1 aromatic heterocycles. The molecular weight excluding hydrogens is 428 g/mol. The summed E-state index contributed by atoms with van der Waals surface area (Å²) in [6.07, 6.45) is 6.70. The van der Waals surface area contributed by atoms with Crippen LogP contribution >= 0.6 is 0 Å². The molecule has 0 aliphatic carbocycles. The molecule has 4 rings (SSSR count). The number of ether oxygens (including phenoxy) is 1. The van der Waals surface area contributed by atoms with E-state index in [1.54, 1.807) is 0 Å². The molecule has 0 spiro atoms. The summed E-state index contributed by atoms with van der Waals surface area (Å²) in [6, 6.07) is 13.8. The molecule has 2 unspecified atom stereocenters. The van der Waals surface area contributed by atoms with Gasteiger partial charge in [0.05, 0.1) is 6.61 Å². The van der Waals surface area contributed by atoms with Crippen LogP contribution in [0, 0.1) is 0 Å². The number of hydrogen-bond acceptors (Lipinski definition) is 7. The van der Waals surface area contributed by atoms with Gasteiger partial charge in [0.25, 0.3) is 0 Å². The number of rotatable bonds is 10. The van der Waals surface area contributed by atoms with Crippen molar-refractivity contribution >= 4 is 17.6 Å². The summed E-state index contributed by atoms with van der Waals surface area (Å²) in [5.74, 6) is 0.987. The fourth-order valence-corrected chi connectivity index (χ4v) is 4.80. The van der Waals surface area contributed by atoms with Crippen LogP contribution in [-0.4, -0.2) is 53.9 Å². The molecule has 2 aromatic rings. The molecule has 7 nitrogen and oxygen atoms in total. The quantitative estimate of drug-likeness (QED) is 0.411. The highest BCUT2D eigenvalue weighted by Crippen LogP contribution is 2.27. The van der Waals surface area contributed by atoms with Crippen molar-refractivity contribution in [1.82, 2.24) is 9.88 Å². The number of nitrogens with zero attached hydrogens (tertiary/aromatic N) is 2. The Morgan fingerprint density at radius 2 is 1.91 bits per heavy atom. The van der Waals surface area contributed by atoms with Gasteiger partial charge >= 0.3 is 5.97 Å². The SMILES string of the molecule is NCCCCc1ccc2c(n1)NC(CCOC(=O)C(c1ccccc1)N1CCC(=O)CC1)CC2. The number of benzene rings is 1. The van der Waals surface area contributed by atoms with E-state index in [-0.39, 0.29) is 17.8 Å². The molecule has 1 fully saturated rings. The average Bonchev–Trinajstić information content (AvgIpc) is 2.86. The lowest BCUT2D eigenvalue weighted by Crippen LogP contribution is -2.41. The normalized spacial score (nSPS) is 19.2. The van der Waals surface area contributed by atoms with E-state index in [0.717, 1.165) is 55.6 Å². The number of unbranched alkanes of at least 4 members (excludes halogenated alkanes) is 1. The number of piperidine rings is 1. The van der Waals surface area contributed by atoms with Gasteiger partial charge in [-0.2, -0.15) is 0 Å². The minimum Gasteiger partial charge on any atom is -0.464 e. The standard InChI is InChI=1S/C27H36N4O3/c28-16-5-4-8-22-11-9-21-10-12-23(30-26(21)29-22)15-19-34-27(33)25(20-6-2-1-3-7-20)31-17-13-24(32)14-18-31/h1-3,6-7,9,11,23,25H,4-5,8,10,12-19,28H2,(H,29,30). The van der Waals surface area contributed by atoms with Crippen molar-refractivity contribution in [2.24, 2.45) is 5.73 Å². The smallest absolute Gasteiger partial charge is 0.328 e. The fraction of sp³-hybridized carbons (Fsp3) is 0.519. The van der Waals surface area contributed by atoms with Crippen LogP contribution < -0.4 is 11.1 Å². The van der Waals surface area contributed by atoms with Gasteiger partial charge in [0, 0.05) is 44.1 Å². The maximum atomic E-state index is 13.1. The third-order valence-corrected chi connectivity index (χ3v) is 6.80. The summed E-state index contributed by atoms with van der Waals surface area (Å²) in [5, 5.41) is 3.56. The van der Waals surface area contributed by atoms with Gasteiger partial charge < -0.3 is 15.8 Å². The summed E-state index contributed by atoms with van der Waals surface area (Å²) >= 11 is 0. The second kappa shape index (κ2) is 12.1. The average molecular weight is 465 g/mol. The number of hydrogen-bond donors (Lipinski definition) is 2. The number of likely N-dealkylation sites (tertiary alicyclic amines) is 1.